The van der Waals surface area contributed by atoms with Gasteiger partial charge in [0, 0.05) is 31.6 Å². The fourth-order valence-corrected chi connectivity index (χ4v) is 2.97. The number of carbonyl (C=O) groups excluding carboxylic acids is 3. The zero-order valence-electron chi connectivity index (χ0n) is 13.8. The second-order valence-electron chi connectivity index (χ2n) is 5.72. The summed E-state index contributed by atoms with van der Waals surface area (Å²) in [5, 5.41) is 6.26. The predicted molar refractivity (Wildman–Crippen MR) is 97.4 cm³/mol. The normalized spacial score (nSPS) is 18.0. The van der Waals surface area contributed by atoms with Crippen molar-refractivity contribution in [2.24, 2.45) is 5.73 Å². The number of rotatable bonds is 5. The summed E-state index contributed by atoms with van der Waals surface area (Å²) in [6, 6.07) is 6.13. The number of hydrogen-bond acceptors (Lipinski definition) is 4. The van der Waals surface area contributed by atoms with E-state index in [4.69, 9.17) is 17.3 Å². The molecule has 0 bridgehead atoms. The number of amides is 3. The third kappa shape index (κ3) is 5.88. The van der Waals surface area contributed by atoms with E-state index < -0.39 is 17.9 Å². The van der Waals surface area contributed by atoms with Crippen LogP contribution in [0.3, 0.4) is 0 Å². The number of primary amides is 1. The minimum Gasteiger partial charge on any atom is -0.368 e. The average molecular weight is 389 g/mol. The first-order chi connectivity index (χ1) is 11.4. The second kappa shape index (κ2) is 9.60. The lowest BCUT2D eigenvalue weighted by Crippen LogP contribution is -2.52. The fourth-order valence-electron chi connectivity index (χ4n) is 2.77. The number of nitrogens with one attached hydrogen (secondary N) is 2. The van der Waals surface area contributed by atoms with Gasteiger partial charge in [0.2, 0.25) is 17.7 Å². The molecule has 7 nitrogen and oxygen atoms in total. The van der Waals surface area contributed by atoms with Crippen LogP contribution < -0.4 is 16.4 Å². The molecule has 0 aliphatic carbocycles. The molecule has 1 unspecified atom stereocenters. The highest BCUT2D eigenvalue weighted by Crippen LogP contribution is 2.25. The summed E-state index contributed by atoms with van der Waals surface area (Å²) in [7, 11) is 0. The van der Waals surface area contributed by atoms with Crippen molar-refractivity contribution in [1.29, 1.82) is 0 Å². The summed E-state index contributed by atoms with van der Waals surface area (Å²) >= 11 is 6.04. The monoisotopic (exact) mass is 388 g/mol. The molecule has 3 amide bonds. The van der Waals surface area contributed by atoms with E-state index in [0.717, 1.165) is 5.56 Å². The molecule has 1 aromatic rings. The summed E-state index contributed by atoms with van der Waals surface area (Å²) in [6.45, 7) is 3.03. The molecule has 138 valence electrons. The van der Waals surface area contributed by atoms with E-state index in [2.05, 4.69) is 10.6 Å². The van der Waals surface area contributed by atoms with Gasteiger partial charge in [0.05, 0.1) is 12.5 Å². The molecule has 9 heteroatoms. The molecule has 1 saturated heterocycles. The Kier molecular flexibility index (Phi) is 8.15. The maximum Gasteiger partial charge on any atom is 0.240 e. The first-order valence-electron chi connectivity index (χ1n) is 7.70. The average Bonchev–Trinajstić information content (AvgIpc) is 2.53. The lowest BCUT2D eigenvalue weighted by atomic mass is 10.0. The van der Waals surface area contributed by atoms with Gasteiger partial charge in [-0.1, -0.05) is 23.7 Å². The maximum atomic E-state index is 12.7. The Hall–Kier alpha value is -1.83. The molecule has 0 aromatic heterocycles. The van der Waals surface area contributed by atoms with Crippen LogP contribution in [0.15, 0.2) is 24.3 Å². The van der Waals surface area contributed by atoms with Gasteiger partial charge >= 0.3 is 0 Å². The van der Waals surface area contributed by atoms with Crippen LogP contribution in [-0.2, 0) is 14.4 Å². The lowest BCUT2D eigenvalue weighted by molar-refractivity contribution is -0.137. The molecule has 1 aliphatic heterocycles. The molecule has 1 aliphatic rings. The predicted octanol–water partition coefficient (Wildman–Crippen LogP) is 0.615. The van der Waals surface area contributed by atoms with Crippen molar-refractivity contribution in [3.05, 3.63) is 34.9 Å². The number of hydrogen-bond donors (Lipinski definition) is 3. The van der Waals surface area contributed by atoms with Crippen LogP contribution in [0.2, 0.25) is 5.02 Å². The number of piperazine rings is 1. The smallest absolute Gasteiger partial charge is 0.240 e. The van der Waals surface area contributed by atoms with Crippen LogP contribution in [0.4, 0.5) is 0 Å². The Morgan fingerprint density at radius 2 is 2.16 bits per heavy atom. The molecule has 0 radical (unpaired) electrons. The highest BCUT2D eigenvalue weighted by Gasteiger charge is 2.31. The molecule has 0 spiro atoms. The van der Waals surface area contributed by atoms with Crippen molar-refractivity contribution in [1.82, 2.24) is 15.5 Å². The summed E-state index contributed by atoms with van der Waals surface area (Å²) < 4.78 is 0. The van der Waals surface area contributed by atoms with Crippen molar-refractivity contribution in [3.8, 4) is 0 Å². The Morgan fingerprint density at radius 3 is 2.76 bits per heavy atom. The molecule has 4 N–H and O–H groups in total. The van der Waals surface area contributed by atoms with E-state index in [1.54, 1.807) is 11.0 Å². The van der Waals surface area contributed by atoms with Crippen LogP contribution in [0.1, 0.15) is 24.9 Å². The Labute approximate surface area is 157 Å². The molecular weight excluding hydrogens is 367 g/mol. The molecule has 2 rings (SSSR count). The summed E-state index contributed by atoms with van der Waals surface area (Å²) in [5.74, 6) is -1.37. The Balaban J connectivity index is 0.00000312. The first-order valence-corrected chi connectivity index (χ1v) is 8.08. The molecule has 2 atom stereocenters. The van der Waals surface area contributed by atoms with Gasteiger partial charge in [0.15, 0.2) is 0 Å². The zero-order valence-corrected chi connectivity index (χ0v) is 15.4. The molecule has 1 fully saturated rings. The lowest BCUT2D eigenvalue weighted by Gasteiger charge is -2.37. The van der Waals surface area contributed by atoms with Gasteiger partial charge in [-0.25, -0.2) is 0 Å². The van der Waals surface area contributed by atoms with Gasteiger partial charge in [0.1, 0.15) is 6.04 Å². The summed E-state index contributed by atoms with van der Waals surface area (Å²) in [4.78, 5) is 37.0. The SMILES string of the molecule is CC(=O)N[C@@H](CC(=O)N1CCNCC1c1cccc(Cl)c1)C(N)=O.Cl. The van der Waals surface area contributed by atoms with E-state index in [1.165, 1.54) is 6.92 Å². The van der Waals surface area contributed by atoms with Gasteiger partial charge in [-0.05, 0) is 17.7 Å². The minimum atomic E-state index is -1.01. The first kappa shape index (κ1) is 21.2. The van der Waals surface area contributed by atoms with Crippen LogP contribution >= 0.6 is 24.0 Å². The minimum absolute atomic E-state index is 0. The van der Waals surface area contributed by atoms with E-state index in [0.29, 0.717) is 24.7 Å². The third-order valence-electron chi connectivity index (χ3n) is 3.90. The van der Waals surface area contributed by atoms with Gasteiger partial charge in [-0.3, -0.25) is 14.4 Å². The van der Waals surface area contributed by atoms with Crippen molar-refractivity contribution in [3.63, 3.8) is 0 Å². The standard InChI is InChI=1S/C16H21ClN4O3.ClH/c1-10(22)20-13(16(18)24)8-15(23)21-6-5-19-9-14(21)11-3-2-4-12(17)7-11;/h2-4,7,13-14,19H,5-6,8-9H2,1H3,(H2,18,24)(H,20,22);1H/t13-,14?;/m0./s1. The molecular formula is C16H22Cl2N4O3. The van der Waals surface area contributed by atoms with Gasteiger partial charge in [-0.2, -0.15) is 0 Å². The summed E-state index contributed by atoms with van der Waals surface area (Å²) in [6.07, 6.45) is -0.161. The molecule has 1 heterocycles. The van der Waals surface area contributed by atoms with Crippen LogP contribution in [0, 0.1) is 0 Å². The number of halogens is 2. The Bertz CT molecular complexity index is 642. The van der Waals surface area contributed by atoms with Crippen LogP contribution in [0.5, 0.6) is 0 Å². The highest BCUT2D eigenvalue weighted by molar-refractivity contribution is 6.30. The number of carbonyl (C=O) groups is 3. The van der Waals surface area contributed by atoms with E-state index >= 15 is 0 Å². The number of nitrogens with zero attached hydrogens (tertiary/aromatic N) is 1. The van der Waals surface area contributed by atoms with Crippen molar-refractivity contribution in [2.45, 2.75) is 25.4 Å². The van der Waals surface area contributed by atoms with E-state index in [-0.39, 0.29) is 30.8 Å². The van der Waals surface area contributed by atoms with Gasteiger partial charge < -0.3 is 21.3 Å². The van der Waals surface area contributed by atoms with E-state index in [1.807, 2.05) is 18.2 Å². The van der Waals surface area contributed by atoms with Gasteiger partial charge in [0.25, 0.3) is 0 Å². The molecule has 25 heavy (non-hydrogen) atoms. The largest absolute Gasteiger partial charge is 0.368 e. The van der Waals surface area contributed by atoms with E-state index in [9.17, 15) is 14.4 Å². The number of benzene rings is 1. The van der Waals surface area contributed by atoms with Crippen LogP contribution in [0.25, 0.3) is 0 Å². The zero-order chi connectivity index (χ0) is 17.7. The molecule has 1 aromatic carbocycles. The quantitative estimate of drug-likeness (QED) is 0.687. The van der Waals surface area contributed by atoms with Crippen LogP contribution in [-0.4, -0.2) is 48.3 Å². The fraction of sp³-hybridized carbons (Fsp3) is 0.438. The van der Waals surface area contributed by atoms with Gasteiger partial charge in [-0.15, -0.1) is 12.4 Å². The van der Waals surface area contributed by atoms with Crippen molar-refractivity contribution in [2.75, 3.05) is 19.6 Å². The summed E-state index contributed by atoms with van der Waals surface area (Å²) in [5.41, 5.74) is 6.19. The number of nitrogens with two attached hydrogens (primary N) is 1. The molecule has 0 saturated carbocycles. The van der Waals surface area contributed by atoms with Crippen molar-refractivity contribution < 1.29 is 14.4 Å². The maximum absolute atomic E-state index is 12.7. The van der Waals surface area contributed by atoms with Crippen molar-refractivity contribution >= 4 is 41.7 Å². The topological polar surface area (TPSA) is 105 Å². The highest BCUT2D eigenvalue weighted by atomic mass is 35.5. The Morgan fingerprint density at radius 1 is 1.44 bits per heavy atom. The second-order valence-corrected chi connectivity index (χ2v) is 6.16. The third-order valence-corrected chi connectivity index (χ3v) is 4.13.